The maximum absolute atomic E-state index is 5.46. The minimum Gasteiger partial charge on any atom is -0.371 e. The molecule has 2 aromatic rings. The first kappa shape index (κ1) is 19.9. The molecule has 1 aromatic heterocycles. The van der Waals surface area contributed by atoms with E-state index in [9.17, 15) is 0 Å². The van der Waals surface area contributed by atoms with Crippen LogP contribution < -0.4 is 10.6 Å². The fourth-order valence-electron chi connectivity index (χ4n) is 2.45. The lowest BCUT2D eigenvalue weighted by Crippen LogP contribution is -2.37. The number of aryl methyl sites for hydroxylation is 1. The number of aliphatic imine (C=N–C) groups is 1. The zero-order valence-electron chi connectivity index (χ0n) is 15.9. The van der Waals surface area contributed by atoms with Gasteiger partial charge in [0.05, 0.1) is 0 Å². The second kappa shape index (κ2) is 11.3. The molecule has 0 aliphatic heterocycles. The van der Waals surface area contributed by atoms with Crippen LogP contribution >= 0.6 is 0 Å². The van der Waals surface area contributed by atoms with Crippen LogP contribution in [0.3, 0.4) is 0 Å². The summed E-state index contributed by atoms with van der Waals surface area (Å²) in [5.74, 6) is 1.78. The molecule has 1 unspecified atom stereocenters. The Kier molecular flexibility index (Phi) is 8.62. The van der Waals surface area contributed by atoms with Gasteiger partial charge in [0.25, 0.3) is 0 Å². The van der Waals surface area contributed by atoms with Crippen LogP contribution in [0.5, 0.6) is 0 Å². The van der Waals surface area contributed by atoms with E-state index >= 15 is 0 Å². The normalized spacial score (nSPS) is 12.8. The molecule has 0 saturated carbocycles. The van der Waals surface area contributed by atoms with Gasteiger partial charge < -0.3 is 19.9 Å². The molecule has 0 radical (unpaired) electrons. The molecule has 26 heavy (non-hydrogen) atoms. The van der Waals surface area contributed by atoms with Gasteiger partial charge in [-0.2, -0.15) is 4.98 Å². The summed E-state index contributed by atoms with van der Waals surface area (Å²) in [5, 5.41) is 10.5. The third kappa shape index (κ3) is 6.84. The third-order valence-electron chi connectivity index (χ3n) is 3.76. The Balaban J connectivity index is 1.80. The zero-order valence-corrected chi connectivity index (χ0v) is 15.9. The first-order valence-corrected chi connectivity index (χ1v) is 9.23. The lowest BCUT2D eigenvalue weighted by molar-refractivity contribution is 0.0683. The summed E-state index contributed by atoms with van der Waals surface area (Å²) < 4.78 is 10.7. The van der Waals surface area contributed by atoms with Gasteiger partial charge in [-0.05, 0) is 39.2 Å². The Hall–Kier alpha value is -2.41. The summed E-state index contributed by atoms with van der Waals surface area (Å²) in [4.78, 5) is 8.84. The number of hydrogen-bond acceptors (Lipinski definition) is 5. The Morgan fingerprint density at radius 3 is 2.77 bits per heavy atom. The van der Waals surface area contributed by atoms with E-state index in [1.54, 1.807) is 0 Å². The first-order valence-electron chi connectivity index (χ1n) is 9.23. The zero-order chi connectivity index (χ0) is 18.6. The van der Waals surface area contributed by atoms with Crippen molar-refractivity contribution in [2.45, 2.75) is 46.3 Å². The molecule has 7 heteroatoms. The molecule has 0 aliphatic rings. The third-order valence-corrected chi connectivity index (χ3v) is 3.76. The van der Waals surface area contributed by atoms with E-state index < -0.39 is 0 Å². The van der Waals surface area contributed by atoms with Crippen molar-refractivity contribution >= 4 is 5.96 Å². The molecule has 0 spiro atoms. The number of nitrogens with one attached hydrogen (secondary N) is 2. The molecule has 0 saturated heterocycles. The van der Waals surface area contributed by atoms with Crippen molar-refractivity contribution in [1.82, 2.24) is 20.8 Å². The van der Waals surface area contributed by atoms with Crippen LogP contribution in [0, 0.1) is 0 Å². The highest BCUT2D eigenvalue weighted by molar-refractivity contribution is 5.79. The van der Waals surface area contributed by atoms with Gasteiger partial charge in [0, 0.05) is 19.7 Å². The van der Waals surface area contributed by atoms with Gasteiger partial charge >= 0.3 is 0 Å². The molecule has 7 nitrogen and oxygen atoms in total. The maximum Gasteiger partial charge on any atom is 0.248 e. The van der Waals surface area contributed by atoms with Gasteiger partial charge in [-0.1, -0.05) is 35.5 Å². The van der Waals surface area contributed by atoms with Crippen molar-refractivity contribution in [3.05, 3.63) is 47.6 Å². The van der Waals surface area contributed by atoms with Crippen molar-refractivity contribution in [1.29, 1.82) is 0 Å². The average molecular weight is 359 g/mol. The fraction of sp³-hybridized carbons (Fsp3) is 0.526. The average Bonchev–Trinajstić information content (AvgIpc) is 3.13. The highest BCUT2D eigenvalue weighted by Gasteiger charge is 2.13. The van der Waals surface area contributed by atoms with Gasteiger partial charge in [0.15, 0.2) is 11.8 Å². The van der Waals surface area contributed by atoms with Crippen molar-refractivity contribution in [2.24, 2.45) is 4.99 Å². The van der Waals surface area contributed by atoms with E-state index in [2.05, 4.69) is 50.0 Å². The number of ether oxygens (including phenoxy) is 1. The van der Waals surface area contributed by atoms with E-state index in [1.807, 2.05) is 26.8 Å². The van der Waals surface area contributed by atoms with Gasteiger partial charge in [-0.3, -0.25) is 0 Å². The highest BCUT2D eigenvalue weighted by atomic mass is 16.5. The maximum atomic E-state index is 5.46. The van der Waals surface area contributed by atoms with Crippen LogP contribution in [0.1, 0.15) is 50.6 Å². The molecule has 0 fully saturated rings. The molecule has 0 bridgehead atoms. The number of hydrogen-bond donors (Lipinski definition) is 2. The van der Waals surface area contributed by atoms with Crippen molar-refractivity contribution in [3.8, 4) is 0 Å². The van der Waals surface area contributed by atoms with Crippen molar-refractivity contribution in [3.63, 3.8) is 0 Å². The van der Waals surface area contributed by atoms with E-state index in [4.69, 9.17) is 9.26 Å². The Morgan fingerprint density at radius 1 is 1.23 bits per heavy atom. The number of guanidine groups is 1. The van der Waals surface area contributed by atoms with Gasteiger partial charge in [-0.25, -0.2) is 4.99 Å². The Morgan fingerprint density at radius 2 is 2.04 bits per heavy atom. The second-order valence-corrected chi connectivity index (χ2v) is 5.85. The second-order valence-electron chi connectivity index (χ2n) is 5.85. The lowest BCUT2D eigenvalue weighted by Gasteiger charge is -2.10. The highest BCUT2D eigenvalue weighted by Crippen LogP contribution is 2.12. The Bertz CT molecular complexity index is 657. The van der Waals surface area contributed by atoms with E-state index in [0.29, 0.717) is 24.9 Å². The predicted octanol–water partition coefficient (Wildman–Crippen LogP) is 2.86. The molecule has 142 valence electrons. The monoisotopic (exact) mass is 359 g/mol. The summed E-state index contributed by atoms with van der Waals surface area (Å²) in [6.07, 6.45) is 1.89. The molecule has 1 heterocycles. The largest absolute Gasteiger partial charge is 0.371 e. The number of rotatable bonds is 10. The van der Waals surface area contributed by atoms with E-state index in [0.717, 1.165) is 31.9 Å². The van der Waals surface area contributed by atoms with Crippen molar-refractivity contribution < 1.29 is 9.26 Å². The Labute approximate surface area is 155 Å². The minimum atomic E-state index is -0.175. The number of nitrogens with zero attached hydrogens (tertiary/aromatic N) is 3. The molecule has 1 aromatic carbocycles. The first-order chi connectivity index (χ1) is 12.7. The SMILES string of the molecule is CCNC(=NCc1nc(C(C)OCC)no1)NCCCc1ccccc1. The molecule has 0 aliphatic carbocycles. The van der Waals surface area contributed by atoms with Crippen LogP contribution in [0.2, 0.25) is 0 Å². The molecule has 2 rings (SSSR count). The molecular formula is C19H29N5O2. The molecular weight excluding hydrogens is 330 g/mol. The summed E-state index contributed by atoms with van der Waals surface area (Å²) >= 11 is 0. The van der Waals surface area contributed by atoms with Gasteiger partial charge in [0.1, 0.15) is 12.6 Å². The summed E-state index contributed by atoms with van der Waals surface area (Å²) in [6.45, 7) is 8.46. The van der Waals surface area contributed by atoms with Crippen LogP contribution in [0.4, 0.5) is 0 Å². The topological polar surface area (TPSA) is 84.6 Å². The standard InChI is InChI=1S/C19H29N5O2/c1-4-20-19(21-13-9-12-16-10-7-6-8-11-16)22-14-17-23-18(24-26-17)15(3)25-5-2/h6-8,10-11,15H,4-5,9,12-14H2,1-3H3,(H2,20,21,22). The van der Waals surface area contributed by atoms with E-state index in [1.165, 1.54) is 5.56 Å². The van der Waals surface area contributed by atoms with Crippen LogP contribution in [0.25, 0.3) is 0 Å². The van der Waals surface area contributed by atoms with Gasteiger partial charge in [-0.15, -0.1) is 0 Å². The predicted molar refractivity (Wildman–Crippen MR) is 102 cm³/mol. The van der Waals surface area contributed by atoms with Crippen LogP contribution in [0.15, 0.2) is 39.8 Å². The smallest absolute Gasteiger partial charge is 0.248 e. The van der Waals surface area contributed by atoms with Crippen LogP contribution in [-0.2, 0) is 17.7 Å². The molecule has 1 atom stereocenters. The summed E-state index contributed by atoms with van der Waals surface area (Å²) in [7, 11) is 0. The van der Waals surface area contributed by atoms with E-state index in [-0.39, 0.29) is 6.10 Å². The molecule has 2 N–H and O–H groups in total. The molecule has 0 amide bonds. The number of aromatic nitrogens is 2. The van der Waals surface area contributed by atoms with Crippen LogP contribution in [-0.4, -0.2) is 35.8 Å². The minimum absolute atomic E-state index is 0.175. The quantitative estimate of drug-likeness (QED) is 0.385. The van der Waals surface area contributed by atoms with Gasteiger partial charge in [0.2, 0.25) is 5.89 Å². The number of benzene rings is 1. The summed E-state index contributed by atoms with van der Waals surface area (Å²) in [5.41, 5.74) is 1.35. The lowest BCUT2D eigenvalue weighted by atomic mass is 10.1. The van der Waals surface area contributed by atoms with Crippen molar-refractivity contribution in [2.75, 3.05) is 19.7 Å². The summed E-state index contributed by atoms with van der Waals surface area (Å²) in [6, 6.07) is 10.5. The fourth-order valence-corrected chi connectivity index (χ4v) is 2.45.